The molecule has 2 aliphatic carbocycles. The third-order valence-electron chi connectivity index (χ3n) is 5.76. The second kappa shape index (κ2) is 8.41. The van der Waals surface area contributed by atoms with Crippen molar-refractivity contribution < 1.29 is 18.5 Å². The van der Waals surface area contributed by atoms with Gasteiger partial charge in [-0.1, -0.05) is 60.7 Å². The molecule has 3 aromatic carbocycles. The fraction of sp³-hybridized carbons (Fsp3) is 0.120. The summed E-state index contributed by atoms with van der Waals surface area (Å²) in [5, 5.41) is 11.6. The number of carbonyl (C=O) groups excluding carboxylic acids is 2. The van der Waals surface area contributed by atoms with Crippen LogP contribution < -0.4 is 0 Å². The molecule has 2 aliphatic rings. The third-order valence-corrected chi connectivity index (χ3v) is 5.76. The van der Waals surface area contributed by atoms with E-state index in [0.29, 0.717) is 32.9 Å². The Hall–Kier alpha value is -2.97. The van der Waals surface area contributed by atoms with Gasteiger partial charge in [0.05, 0.1) is 6.61 Å². The van der Waals surface area contributed by atoms with Crippen LogP contribution in [0.2, 0.25) is 0 Å². The molecule has 0 aliphatic heterocycles. The zero-order valence-corrected chi connectivity index (χ0v) is 17.7. The van der Waals surface area contributed by atoms with E-state index in [4.69, 9.17) is 3.80 Å². The first kappa shape index (κ1) is 20.3. The molecule has 0 radical (unpaired) electrons. The molecule has 4 nitrogen and oxygen atoms in total. The van der Waals surface area contributed by atoms with Crippen LogP contribution in [0.4, 0.5) is 0 Å². The number of benzene rings is 3. The molecular weight excluding hydrogens is 391 g/mol. The normalized spacial score (nSPS) is 17.3. The Morgan fingerprint density at radius 1 is 0.867 bits per heavy atom. The van der Waals surface area contributed by atoms with Gasteiger partial charge in [0.2, 0.25) is 0 Å². The van der Waals surface area contributed by atoms with Crippen LogP contribution in [0.15, 0.2) is 78.4 Å². The molecule has 0 saturated carbocycles. The van der Waals surface area contributed by atoms with Crippen LogP contribution in [0.5, 0.6) is 0 Å². The molecule has 0 aromatic heterocycles. The van der Waals surface area contributed by atoms with Crippen molar-refractivity contribution in [1.29, 1.82) is 0 Å². The Labute approximate surface area is 182 Å². The van der Waals surface area contributed by atoms with Gasteiger partial charge in [-0.25, -0.2) is 0 Å². The molecule has 0 bridgehead atoms. The van der Waals surface area contributed by atoms with Gasteiger partial charge >= 0.3 is 20.0 Å². The quantitative estimate of drug-likeness (QED) is 0.531. The minimum atomic E-state index is -0.144. The van der Waals surface area contributed by atoms with E-state index in [9.17, 15) is 14.7 Å². The molecule has 0 saturated heterocycles. The summed E-state index contributed by atoms with van der Waals surface area (Å²) in [7, 11) is 0. The molecule has 0 heterocycles. The van der Waals surface area contributed by atoms with Gasteiger partial charge in [0, 0.05) is 17.1 Å². The second-order valence-corrected chi connectivity index (χ2v) is 7.36. The Kier molecular flexibility index (Phi) is 5.70. The Bertz CT molecular complexity index is 1220. The Morgan fingerprint density at radius 3 is 2.27 bits per heavy atom. The van der Waals surface area contributed by atoms with E-state index >= 15 is 0 Å². The Morgan fingerprint density at radius 2 is 1.57 bits per heavy atom. The van der Waals surface area contributed by atoms with Gasteiger partial charge in [-0.05, 0) is 51.6 Å². The van der Waals surface area contributed by atoms with Crippen LogP contribution in [0.25, 0.3) is 16.3 Å². The summed E-state index contributed by atoms with van der Waals surface area (Å²) >= 11 is 0.611. The van der Waals surface area contributed by atoms with E-state index in [1.54, 1.807) is 24.3 Å². The first-order chi connectivity index (χ1) is 14.7. The average molecular weight is 410 g/mol. The van der Waals surface area contributed by atoms with Crippen LogP contribution >= 0.6 is 0 Å². The van der Waals surface area contributed by atoms with Crippen molar-refractivity contribution >= 4 is 44.1 Å². The first-order valence-corrected chi connectivity index (χ1v) is 10.2. The standard InChI is InChI=1S/C25H18O3.Al.O.H/c26-14-15-7-9-16(10-8-15)20-12-24(28)22(13-23(20)27)21-11-18-5-1-3-17-4-2-6-19(21)25(17)18;;;/h1-10,12-13,21,26H,11,14H2;;;. The van der Waals surface area contributed by atoms with E-state index in [1.165, 1.54) is 28.5 Å². The third kappa shape index (κ3) is 3.42. The number of hydrogen-bond donors (Lipinski definition) is 1. The summed E-state index contributed by atoms with van der Waals surface area (Å²) < 4.78 is 8.28. The molecule has 0 amide bonds. The molecule has 0 fully saturated rings. The zero-order valence-electron chi connectivity index (χ0n) is 16.3. The molecule has 1 unspecified atom stereocenters. The summed E-state index contributed by atoms with van der Waals surface area (Å²) in [5.41, 5.74) is 4.81. The number of allylic oxidation sites excluding steroid dienone is 4. The molecule has 0 spiro atoms. The molecule has 5 heteroatoms. The van der Waals surface area contributed by atoms with Gasteiger partial charge < -0.3 is 5.11 Å². The van der Waals surface area contributed by atoms with Gasteiger partial charge in [-0.3, -0.25) is 9.59 Å². The van der Waals surface area contributed by atoms with E-state index in [1.807, 2.05) is 12.1 Å². The summed E-state index contributed by atoms with van der Waals surface area (Å²) in [4.78, 5) is 25.8. The average Bonchev–Trinajstić information content (AvgIpc) is 3.17. The van der Waals surface area contributed by atoms with Crippen LogP contribution in [-0.2, 0) is 26.4 Å². The van der Waals surface area contributed by atoms with Gasteiger partial charge in [0.15, 0.2) is 11.6 Å². The minimum absolute atomic E-state index is 0.0515. The topological polar surface area (TPSA) is 71.4 Å². The number of hydrogen-bond acceptors (Lipinski definition) is 4. The summed E-state index contributed by atoms with van der Waals surface area (Å²) in [6, 6.07) is 19.5. The Balaban J connectivity index is 0.00000106. The van der Waals surface area contributed by atoms with Gasteiger partial charge in [0.25, 0.3) is 0 Å². The number of rotatable bonds is 3. The molecule has 3 aromatic rings. The predicted octanol–water partition coefficient (Wildman–Crippen LogP) is 3.37. The zero-order chi connectivity index (χ0) is 21.3. The molecule has 146 valence electrons. The number of aliphatic hydroxyl groups excluding tert-OH is 1. The van der Waals surface area contributed by atoms with E-state index in [-0.39, 0.29) is 24.1 Å². The maximum atomic E-state index is 13.0. The van der Waals surface area contributed by atoms with E-state index in [2.05, 4.69) is 24.3 Å². The van der Waals surface area contributed by atoms with Crippen molar-refractivity contribution in [2.75, 3.05) is 0 Å². The monoisotopic (exact) mass is 410 g/mol. The second-order valence-electron chi connectivity index (χ2n) is 7.36. The summed E-state index contributed by atoms with van der Waals surface area (Å²) in [6.45, 7) is -0.0515. The molecule has 30 heavy (non-hydrogen) atoms. The van der Waals surface area contributed by atoms with Crippen molar-refractivity contribution in [3.05, 3.63) is 101 Å². The van der Waals surface area contributed by atoms with Crippen molar-refractivity contribution in [2.45, 2.75) is 18.9 Å². The maximum absolute atomic E-state index is 13.0. The summed E-state index contributed by atoms with van der Waals surface area (Å²) in [5.74, 6) is -0.322. The van der Waals surface area contributed by atoms with E-state index in [0.717, 1.165) is 17.5 Å². The molecule has 5 rings (SSSR count). The van der Waals surface area contributed by atoms with E-state index < -0.39 is 0 Å². The van der Waals surface area contributed by atoms with Crippen LogP contribution in [0.3, 0.4) is 0 Å². The number of aliphatic hydroxyl groups is 1. The van der Waals surface area contributed by atoms with Gasteiger partial charge in [-0.15, -0.1) is 0 Å². The van der Waals surface area contributed by atoms with Crippen molar-refractivity contribution in [2.24, 2.45) is 0 Å². The van der Waals surface area contributed by atoms with Crippen LogP contribution in [0, 0.1) is 0 Å². The van der Waals surface area contributed by atoms with Crippen molar-refractivity contribution in [3.63, 3.8) is 0 Å². The summed E-state index contributed by atoms with van der Waals surface area (Å²) in [6.07, 6.45) is 3.73. The molecule has 1 N–H and O–H groups in total. The number of carbonyl (C=O) groups is 2. The molecule has 1 atom stereocenters. The molecular formula is C25H19AlO4. The van der Waals surface area contributed by atoms with Crippen molar-refractivity contribution in [1.82, 2.24) is 0 Å². The predicted molar refractivity (Wildman–Crippen MR) is 117 cm³/mol. The fourth-order valence-electron chi connectivity index (χ4n) is 4.38. The van der Waals surface area contributed by atoms with Crippen LogP contribution in [0.1, 0.15) is 28.2 Å². The number of ketones is 2. The first-order valence-electron chi connectivity index (χ1n) is 9.67. The SMILES string of the molecule is O=C1C=C(C2Cc3cccc4cccc2c34)C(=O)C=C1c1ccc(CO)cc1.[O]=[AlH]. The van der Waals surface area contributed by atoms with Crippen molar-refractivity contribution in [3.8, 4) is 0 Å². The van der Waals surface area contributed by atoms with Gasteiger partial charge in [0.1, 0.15) is 0 Å². The fourth-order valence-corrected chi connectivity index (χ4v) is 4.38. The van der Waals surface area contributed by atoms with Crippen LogP contribution in [-0.4, -0.2) is 32.9 Å². The van der Waals surface area contributed by atoms with Gasteiger partial charge in [-0.2, -0.15) is 0 Å².